The van der Waals surface area contributed by atoms with Gasteiger partial charge in [-0.3, -0.25) is 0 Å². The van der Waals surface area contributed by atoms with E-state index >= 15 is 0 Å². The van der Waals surface area contributed by atoms with Crippen molar-refractivity contribution in [2.75, 3.05) is 13.6 Å². The van der Waals surface area contributed by atoms with Crippen LogP contribution in [0, 0.1) is 0 Å². The van der Waals surface area contributed by atoms with Crippen LogP contribution in [0.5, 0.6) is 0 Å². The minimum atomic E-state index is -3.65. The zero-order chi connectivity index (χ0) is 15.8. The summed E-state index contributed by atoms with van der Waals surface area (Å²) in [6, 6.07) is 3.13. The van der Waals surface area contributed by atoms with Crippen LogP contribution < -0.4 is 5.32 Å². The Labute approximate surface area is 136 Å². The number of halogens is 2. The van der Waals surface area contributed by atoms with Gasteiger partial charge in [0.1, 0.15) is 4.90 Å². The lowest BCUT2D eigenvalue weighted by Crippen LogP contribution is -2.42. The molecule has 118 valence electrons. The minimum Gasteiger partial charge on any atom is -0.316 e. The van der Waals surface area contributed by atoms with Crippen molar-refractivity contribution < 1.29 is 8.42 Å². The molecule has 4 nitrogen and oxygen atoms in total. The van der Waals surface area contributed by atoms with Gasteiger partial charge in [-0.05, 0) is 51.4 Å². The molecule has 1 aliphatic heterocycles. The van der Waals surface area contributed by atoms with E-state index in [2.05, 4.69) is 5.32 Å². The summed E-state index contributed by atoms with van der Waals surface area (Å²) in [4.78, 5) is 0.0943. The molecule has 1 aromatic carbocycles. The number of hydrogen-bond donors (Lipinski definition) is 1. The highest BCUT2D eigenvalue weighted by atomic mass is 35.5. The van der Waals surface area contributed by atoms with Crippen molar-refractivity contribution in [2.24, 2.45) is 0 Å². The molecule has 0 amide bonds. The molecule has 0 spiro atoms. The SMILES string of the molecule is CNCc1cc(Cl)cc(S(=O)(=O)N2CCCC2(C)C)c1Cl. The van der Waals surface area contributed by atoms with Crippen LogP contribution in [0.3, 0.4) is 0 Å². The topological polar surface area (TPSA) is 49.4 Å². The first-order valence-corrected chi connectivity index (χ1v) is 9.05. The van der Waals surface area contributed by atoms with Crippen LogP contribution in [0.1, 0.15) is 32.3 Å². The van der Waals surface area contributed by atoms with E-state index in [4.69, 9.17) is 23.2 Å². The molecule has 1 heterocycles. The molecule has 0 radical (unpaired) electrons. The average molecular weight is 351 g/mol. The van der Waals surface area contributed by atoms with Crippen LogP contribution in [0.4, 0.5) is 0 Å². The van der Waals surface area contributed by atoms with Crippen LogP contribution in [-0.2, 0) is 16.6 Å². The van der Waals surface area contributed by atoms with Crippen LogP contribution in [0.2, 0.25) is 10.0 Å². The van der Waals surface area contributed by atoms with E-state index < -0.39 is 15.6 Å². The summed E-state index contributed by atoms with van der Waals surface area (Å²) in [6.45, 7) is 4.85. The summed E-state index contributed by atoms with van der Waals surface area (Å²) in [5.41, 5.74) is 0.287. The molecule has 21 heavy (non-hydrogen) atoms. The van der Waals surface area contributed by atoms with E-state index in [1.54, 1.807) is 13.1 Å². The van der Waals surface area contributed by atoms with Crippen molar-refractivity contribution in [1.29, 1.82) is 0 Å². The first-order valence-electron chi connectivity index (χ1n) is 6.85. The Hall–Kier alpha value is -0.330. The number of nitrogens with one attached hydrogen (secondary N) is 1. The molecule has 1 aliphatic rings. The standard InChI is InChI=1S/C14H20Cl2N2O2S/c1-14(2)5-4-6-18(14)21(19,20)12-8-11(15)7-10(9-17-3)13(12)16/h7-8,17H,4-6,9H2,1-3H3. The number of rotatable bonds is 4. The third kappa shape index (κ3) is 3.22. The molecule has 1 N–H and O–H groups in total. The van der Waals surface area contributed by atoms with Gasteiger partial charge in [-0.2, -0.15) is 4.31 Å². The van der Waals surface area contributed by atoms with E-state index in [0.29, 0.717) is 23.7 Å². The highest BCUT2D eigenvalue weighted by Gasteiger charge is 2.41. The number of hydrogen-bond acceptors (Lipinski definition) is 3. The van der Waals surface area contributed by atoms with Crippen molar-refractivity contribution >= 4 is 33.2 Å². The number of benzene rings is 1. The fraction of sp³-hybridized carbons (Fsp3) is 0.571. The van der Waals surface area contributed by atoms with Crippen LogP contribution in [0.15, 0.2) is 17.0 Å². The first kappa shape index (κ1) is 17.0. The van der Waals surface area contributed by atoms with E-state index in [-0.39, 0.29) is 9.92 Å². The van der Waals surface area contributed by atoms with Crippen LogP contribution in [-0.4, -0.2) is 31.9 Å². The van der Waals surface area contributed by atoms with Crippen molar-refractivity contribution in [3.8, 4) is 0 Å². The Morgan fingerprint density at radius 3 is 2.52 bits per heavy atom. The average Bonchev–Trinajstić information content (AvgIpc) is 2.74. The second kappa shape index (κ2) is 6.05. The van der Waals surface area contributed by atoms with Gasteiger partial charge in [-0.25, -0.2) is 8.42 Å². The van der Waals surface area contributed by atoms with Crippen molar-refractivity contribution in [3.63, 3.8) is 0 Å². The predicted molar refractivity (Wildman–Crippen MR) is 86.4 cm³/mol. The first-order chi connectivity index (χ1) is 9.70. The van der Waals surface area contributed by atoms with Crippen LogP contribution >= 0.6 is 23.2 Å². The highest BCUT2D eigenvalue weighted by molar-refractivity contribution is 7.89. The molecule has 0 unspecified atom stereocenters. The normalized spacial score (nSPS) is 19.1. The predicted octanol–water partition coefficient (Wildman–Crippen LogP) is 3.28. The highest BCUT2D eigenvalue weighted by Crippen LogP contribution is 2.38. The van der Waals surface area contributed by atoms with Gasteiger partial charge in [0.2, 0.25) is 10.0 Å². The molecule has 2 rings (SSSR count). The third-order valence-electron chi connectivity index (χ3n) is 3.84. The molecule has 1 fully saturated rings. The van der Waals surface area contributed by atoms with Gasteiger partial charge >= 0.3 is 0 Å². The molecule has 0 saturated carbocycles. The summed E-state index contributed by atoms with van der Waals surface area (Å²) in [6.07, 6.45) is 1.70. The fourth-order valence-corrected chi connectivity index (χ4v) is 5.53. The Bertz CT molecular complexity index is 645. The Balaban J connectivity index is 2.55. The molecule has 1 saturated heterocycles. The zero-order valence-corrected chi connectivity index (χ0v) is 14.7. The van der Waals surface area contributed by atoms with Gasteiger partial charge in [-0.15, -0.1) is 0 Å². The molecular weight excluding hydrogens is 331 g/mol. The zero-order valence-electron chi connectivity index (χ0n) is 12.4. The fourth-order valence-electron chi connectivity index (χ4n) is 2.77. The lowest BCUT2D eigenvalue weighted by molar-refractivity contribution is 0.291. The molecular formula is C14H20Cl2N2O2S. The van der Waals surface area contributed by atoms with E-state index in [0.717, 1.165) is 12.8 Å². The lowest BCUT2D eigenvalue weighted by atomic mass is 10.0. The van der Waals surface area contributed by atoms with Gasteiger partial charge in [0, 0.05) is 23.7 Å². The number of sulfonamides is 1. The monoisotopic (exact) mass is 350 g/mol. The maximum atomic E-state index is 12.9. The Morgan fingerprint density at radius 2 is 2.00 bits per heavy atom. The third-order valence-corrected chi connectivity index (χ3v) is 6.75. The summed E-state index contributed by atoms with van der Waals surface area (Å²) in [7, 11) is -1.88. The number of nitrogens with zero attached hydrogens (tertiary/aromatic N) is 1. The van der Waals surface area contributed by atoms with E-state index in [1.165, 1.54) is 10.4 Å². The van der Waals surface area contributed by atoms with Gasteiger partial charge in [0.15, 0.2) is 0 Å². The van der Waals surface area contributed by atoms with E-state index in [9.17, 15) is 8.42 Å². The molecule has 0 bridgehead atoms. The summed E-state index contributed by atoms with van der Waals surface area (Å²) in [5.74, 6) is 0. The van der Waals surface area contributed by atoms with Crippen molar-refractivity contribution in [3.05, 3.63) is 27.7 Å². The van der Waals surface area contributed by atoms with Gasteiger partial charge in [-0.1, -0.05) is 23.2 Å². The smallest absolute Gasteiger partial charge is 0.245 e. The van der Waals surface area contributed by atoms with Crippen LogP contribution in [0.25, 0.3) is 0 Å². The van der Waals surface area contributed by atoms with Gasteiger partial charge < -0.3 is 5.32 Å². The summed E-state index contributed by atoms with van der Waals surface area (Å²) >= 11 is 12.4. The molecule has 7 heteroatoms. The molecule has 0 aliphatic carbocycles. The Morgan fingerprint density at radius 1 is 1.33 bits per heavy atom. The molecule has 1 aromatic rings. The van der Waals surface area contributed by atoms with Crippen molar-refractivity contribution in [2.45, 2.75) is 43.7 Å². The second-order valence-electron chi connectivity index (χ2n) is 5.90. The second-order valence-corrected chi connectivity index (χ2v) is 8.55. The van der Waals surface area contributed by atoms with Gasteiger partial charge in [0.25, 0.3) is 0 Å². The van der Waals surface area contributed by atoms with Crippen molar-refractivity contribution in [1.82, 2.24) is 9.62 Å². The molecule has 0 atom stereocenters. The quantitative estimate of drug-likeness (QED) is 0.906. The largest absolute Gasteiger partial charge is 0.316 e. The lowest BCUT2D eigenvalue weighted by Gasteiger charge is -2.31. The Kier molecular flexibility index (Phi) is 4.90. The molecule has 0 aromatic heterocycles. The summed E-state index contributed by atoms with van der Waals surface area (Å²) < 4.78 is 27.4. The minimum absolute atomic E-state index is 0.0943. The van der Waals surface area contributed by atoms with E-state index in [1.807, 2.05) is 13.8 Å². The maximum Gasteiger partial charge on any atom is 0.245 e. The summed E-state index contributed by atoms with van der Waals surface area (Å²) in [5, 5.41) is 3.59. The van der Waals surface area contributed by atoms with Gasteiger partial charge in [0.05, 0.1) is 5.02 Å². The maximum absolute atomic E-state index is 12.9.